The highest BCUT2D eigenvalue weighted by Gasteiger charge is 2.10. The zero-order valence-electron chi connectivity index (χ0n) is 8.33. The van der Waals surface area contributed by atoms with E-state index in [2.05, 4.69) is 5.32 Å². The van der Waals surface area contributed by atoms with Crippen molar-refractivity contribution in [3.8, 4) is 0 Å². The Balaban J connectivity index is 2.62. The number of nitrogens with one attached hydrogen (secondary N) is 1. The average Bonchev–Trinajstić information content (AvgIpc) is 2.26. The molecule has 0 aliphatic carbocycles. The highest BCUT2D eigenvalue weighted by molar-refractivity contribution is 7.85. The third kappa shape index (κ3) is 3.43. The number of carbonyl (C=O) groups is 1. The van der Waals surface area contributed by atoms with E-state index in [1.54, 1.807) is 6.07 Å². The number of rotatable bonds is 4. The molecule has 1 unspecified atom stereocenters. The molecule has 0 saturated carbocycles. The van der Waals surface area contributed by atoms with E-state index in [-0.39, 0.29) is 23.0 Å². The minimum Gasteiger partial charge on any atom is -0.359 e. The van der Waals surface area contributed by atoms with Crippen molar-refractivity contribution in [3.63, 3.8) is 0 Å². The SMILES string of the molecule is CNC(=O)CCS(=O)c1ccccc1F. The van der Waals surface area contributed by atoms with Crippen LogP contribution in [0.25, 0.3) is 0 Å². The van der Waals surface area contributed by atoms with Gasteiger partial charge in [-0.25, -0.2) is 4.39 Å². The Kier molecular flexibility index (Phi) is 4.42. The summed E-state index contributed by atoms with van der Waals surface area (Å²) in [5.41, 5.74) is 0. The highest BCUT2D eigenvalue weighted by atomic mass is 32.2. The van der Waals surface area contributed by atoms with Crippen LogP contribution in [0.5, 0.6) is 0 Å². The minimum absolute atomic E-state index is 0.136. The van der Waals surface area contributed by atoms with Crippen LogP contribution < -0.4 is 5.32 Å². The van der Waals surface area contributed by atoms with Gasteiger partial charge in [0.1, 0.15) is 5.82 Å². The number of hydrogen-bond acceptors (Lipinski definition) is 2. The molecule has 0 aromatic heterocycles. The molecule has 0 bridgehead atoms. The van der Waals surface area contributed by atoms with Crippen molar-refractivity contribution in [2.24, 2.45) is 0 Å². The molecule has 1 aromatic rings. The topological polar surface area (TPSA) is 46.2 Å². The highest BCUT2D eigenvalue weighted by Crippen LogP contribution is 2.12. The van der Waals surface area contributed by atoms with Crippen LogP contribution >= 0.6 is 0 Å². The second-order valence-corrected chi connectivity index (χ2v) is 4.44. The van der Waals surface area contributed by atoms with E-state index < -0.39 is 16.6 Å². The fraction of sp³-hybridized carbons (Fsp3) is 0.300. The van der Waals surface area contributed by atoms with Gasteiger partial charge in [-0.3, -0.25) is 9.00 Å². The van der Waals surface area contributed by atoms with Gasteiger partial charge >= 0.3 is 0 Å². The first kappa shape index (κ1) is 11.8. The van der Waals surface area contributed by atoms with Crippen molar-refractivity contribution in [1.82, 2.24) is 5.32 Å². The van der Waals surface area contributed by atoms with Gasteiger partial charge in [-0.2, -0.15) is 0 Å². The molecule has 0 radical (unpaired) electrons. The van der Waals surface area contributed by atoms with Crippen LogP contribution in [-0.4, -0.2) is 22.9 Å². The van der Waals surface area contributed by atoms with Crippen LogP contribution in [0.15, 0.2) is 29.2 Å². The first-order valence-electron chi connectivity index (χ1n) is 4.48. The van der Waals surface area contributed by atoms with Gasteiger partial charge in [0.15, 0.2) is 0 Å². The fourth-order valence-electron chi connectivity index (χ4n) is 1.05. The van der Waals surface area contributed by atoms with Crippen LogP contribution in [0, 0.1) is 5.82 Å². The first-order valence-corrected chi connectivity index (χ1v) is 5.80. The molecule has 0 fully saturated rings. The molecule has 0 aliphatic rings. The Morgan fingerprint density at radius 1 is 1.47 bits per heavy atom. The predicted molar refractivity (Wildman–Crippen MR) is 56.4 cm³/mol. The Hall–Kier alpha value is -1.23. The standard InChI is InChI=1S/C10H12FNO2S/c1-12-10(13)6-7-15(14)9-5-3-2-4-8(9)11/h2-5H,6-7H2,1H3,(H,12,13). The molecule has 82 valence electrons. The Bertz CT molecular complexity index is 381. The molecule has 1 N–H and O–H groups in total. The lowest BCUT2D eigenvalue weighted by atomic mass is 10.3. The minimum atomic E-state index is -1.45. The molecule has 0 spiro atoms. The lowest BCUT2D eigenvalue weighted by Gasteiger charge is -2.02. The lowest BCUT2D eigenvalue weighted by Crippen LogP contribution is -2.20. The van der Waals surface area contributed by atoms with Gasteiger partial charge < -0.3 is 5.32 Å². The maximum Gasteiger partial charge on any atom is 0.220 e. The summed E-state index contributed by atoms with van der Waals surface area (Å²) in [5, 5.41) is 2.42. The zero-order chi connectivity index (χ0) is 11.3. The smallest absolute Gasteiger partial charge is 0.220 e. The van der Waals surface area contributed by atoms with Crippen molar-refractivity contribution in [2.45, 2.75) is 11.3 Å². The van der Waals surface area contributed by atoms with Crippen molar-refractivity contribution in [3.05, 3.63) is 30.1 Å². The van der Waals surface area contributed by atoms with Crippen LogP contribution in [0.1, 0.15) is 6.42 Å². The van der Waals surface area contributed by atoms with Crippen molar-refractivity contribution in [1.29, 1.82) is 0 Å². The van der Waals surface area contributed by atoms with Crippen molar-refractivity contribution in [2.75, 3.05) is 12.8 Å². The van der Waals surface area contributed by atoms with Gasteiger partial charge in [-0.1, -0.05) is 12.1 Å². The van der Waals surface area contributed by atoms with E-state index in [1.165, 1.54) is 25.2 Å². The number of halogens is 1. The second kappa shape index (κ2) is 5.60. The molecule has 0 saturated heterocycles. The lowest BCUT2D eigenvalue weighted by molar-refractivity contribution is -0.120. The molecule has 0 aliphatic heterocycles. The molecular formula is C10H12FNO2S. The number of benzene rings is 1. The summed E-state index contributed by atoms with van der Waals surface area (Å²) < 4.78 is 24.7. The molecule has 5 heteroatoms. The van der Waals surface area contributed by atoms with E-state index in [0.29, 0.717) is 0 Å². The van der Waals surface area contributed by atoms with Crippen LogP contribution in [0.3, 0.4) is 0 Å². The quantitative estimate of drug-likeness (QED) is 0.839. The molecule has 1 rings (SSSR count). The third-order valence-corrected chi connectivity index (χ3v) is 3.27. The molecule has 1 atom stereocenters. The Morgan fingerprint density at radius 3 is 2.73 bits per heavy atom. The largest absolute Gasteiger partial charge is 0.359 e. The van der Waals surface area contributed by atoms with Crippen LogP contribution in [0.4, 0.5) is 4.39 Å². The second-order valence-electron chi connectivity index (χ2n) is 2.90. The fourth-order valence-corrected chi connectivity index (χ4v) is 2.16. The Labute approximate surface area is 90.1 Å². The summed E-state index contributed by atoms with van der Waals surface area (Å²) in [7, 11) is 0.0553. The predicted octanol–water partition coefficient (Wildman–Crippen LogP) is 1.07. The summed E-state index contributed by atoms with van der Waals surface area (Å²) in [5.74, 6) is -0.548. The zero-order valence-corrected chi connectivity index (χ0v) is 9.14. The van der Waals surface area contributed by atoms with Gasteiger partial charge in [0.25, 0.3) is 0 Å². The third-order valence-electron chi connectivity index (χ3n) is 1.88. The summed E-state index contributed by atoms with van der Waals surface area (Å²) in [4.78, 5) is 11.0. The summed E-state index contributed by atoms with van der Waals surface area (Å²) >= 11 is 0. The van der Waals surface area contributed by atoms with E-state index >= 15 is 0 Å². The number of amides is 1. The van der Waals surface area contributed by atoms with E-state index in [9.17, 15) is 13.4 Å². The number of hydrogen-bond donors (Lipinski definition) is 1. The molecule has 1 amide bonds. The first-order chi connectivity index (χ1) is 7.15. The maximum atomic E-state index is 13.2. The average molecular weight is 229 g/mol. The van der Waals surface area contributed by atoms with Gasteiger partial charge in [0.05, 0.1) is 15.7 Å². The van der Waals surface area contributed by atoms with E-state index in [0.717, 1.165) is 0 Å². The molecule has 1 aromatic carbocycles. The van der Waals surface area contributed by atoms with E-state index in [1.807, 2.05) is 0 Å². The molecule has 15 heavy (non-hydrogen) atoms. The van der Waals surface area contributed by atoms with Gasteiger partial charge in [0.2, 0.25) is 5.91 Å². The summed E-state index contributed by atoms with van der Waals surface area (Å²) in [6, 6.07) is 5.88. The van der Waals surface area contributed by atoms with Crippen LogP contribution in [0.2, 0.25) is 0 Å². The summed E-state index contributed by atoms with van der Waals surface area (Å²) in [6.45, 7) is 0. The summed E-state index contributed by atoms with van der Waals surface area (Å²) in [6.07, 6.45) is 0.136. The number of carbonyl (C=O) groups excluding carboxylic acids is 1. The normalized spacial score (nSPS) is 12.1. The monoisotopic (exact) mass is 229 g/mol. The molecule has 0 heterocycles. The maximum absolute atomic E-state index is 13.2. The van der Waals surface area contributed by atoms with E-state index in [4.69, 9.17) is 0 Å². The van der Waals surface area contributed by atoms with Gasteiger partial charge in [-0.15, -0.1) is 0 Å². The van der Waals surface area contributed by atoms with Crippen molar-refractivity contribution < 1.29 is 13.4 Å². The molecule has 3 nitrogen and oxygen atoms in total. The molecular weight excluding hydrogens is 217 g/mol. The Morgan fingerprint density at radius 2 is 2.13 bits per heavy atom. The van der Waals surface area contributed by atoms with Gasteiger partial charge in [-0.05, 0) is 12.1 Å². The van der Waals surface area contributed by atoms with Crippen LogP contribution in [-0.2, 0) is 15.6 Å². The van der Waals surface area contributed by atoms with Gasteiger partial charge in [0, 0.05) is 19.2 Å². The van der Waals surface area contributed by atoms with Crippen molar-refractivity contribution >= 4 is 16.7 Å².